The van der Waals surface area contributed by atoms with E-state index in [1.165, 1.54) is 12.4 Å². The van der Waals surface area contributed by atoms with Crippen LogP contribution in [-0.4, -0.2) is 44.8 Å². The average Bonchev–Trinajstić information content (AvgIpc) is 3.34. The summed E-state index contributed by atoms with van der Waals surface area (Å²) < 4.78 is 15.6. The van der Waals surface area contributed by atoms with Crippen molar-refractivity contribution in [3.63, 3.8) is 0 Å². The Morgan fingerprint density at radius 2 is 2.22 bits per heavy atom. The molecule has 3 heterocycles. The van der Waals surface area contributed by atoms with Crippen molar-refractivity contribution >= 4 is 11.7 Å². The number of halogens is 1. The third-order valence-electron chi connectivity index (χ3n) is 4.69. The van der Waals surface area contributed by atoms with Crippen LogP contribution >= 0.6 is 0 Å². The zero-order valence-corrected chi connectivity index (χ0v) is 14.8. The summed E-state index contributed by atoms with van der Waals surface area (Å²) in [5, 5.41) is 7.14. The number of hydrogen-bond acceptors (Lipinski definition) is 5. The van der Waals surface area contributed by atoms with Crippen molar-refractivity contribution in [2.45, 2.75) is 19.4 Å². The van der Waals surface area contributed by atoms with Crippen LogP contribution in [0.1, 0.15) is 22.3 Å². The zero-order chi connectivity index (χ0) is 18.8. The van der Waals surface area contributed by atoms with Crippen molar-refractivity contribution in [3.05, 3.63) is 66.1 Å². The van der Waals surface area contributed by atoms with Crippen LogP contribution in [0.4, 0.5) is 10.2 Å². The summed E-state index contributed by atoms with van der Waals surface area (Å²) in [6.45, 7) is 3.12. The van der Waals surface area contributed by atoms with Gasteiger partial charge in [-0.15, -0.1) is 0 Å². The lowest BCUT2D eigenvalue weighted by Crippen LogP contribution is -2.37. The molecule has 1 N–H and O–H groups in total. The largest absolute Gasteiger partial charge is 0.352 e. The molecule has 1 aliphatic heterocycles. The molecule has 27 heavy (non-hydrogen) atoms. The summed E-state index contributed by atoms with van der Waals surface area (Å²) in [5.74, 6) is -0.150. The normalized spacial score (nSPS) is 16.5. The number of aromatic nitrogens is 4. The van der Waals surface area contributed by atoms with Gasteiger partial charge in [-0.05, 0) is 49.2 Å². The van der Waals surface area contributed by atoms with E-state index >= 15 is 0 Å². The highest BCUT2D eigenvalue weighted by Crippen LogP contribution is 2.21. The molecular formula is C19H19FN6O. The van der Waals surface area contributed by atoms with E-state index < -0.39 is 0 Å². The highest BCUT2D eigenvalue weighted by atomic mass is 19.1. The average molecular weight is 366 g/mol. The monoisotopic (exact) mass is 366 g/mol. The van der Waals surface area contributed by atoms with E-state index in [0.717, 1.165) is 17.7 Å². The topological polar surface area (TPSA) is 75.9 Å². The molecule has 1 amide bonds. The van der Waals surface area contributed by atoms with Crippen molar-refractivity contribution in [1.82, 2.24) is 25.1 Å². The van der Waals surface area contributed by atoms with Crippen molar-refractivity contribution in [2.75, 3.05) is 18.0 Å². The Morgan fingerprint density at radius 1 is 1.33 bits per heavy atom. The molecule has 138 valence electrons. The lowest BCUT2D eigenvalue weighted by Gasteiger charge is -2.18. The highest BCUT2D eigenvalue weighted by molar-refractivity contribution is 5.95. The van der Waals surface area contributed by atoms with Crippen LogP contribution in [0.5, 0.6) is 0 Å². The fourth-order valence-electron chi connectivity index (χ4n) is 3.34. The van der Waals surface area contributed by atoms with Crippen molar-refractivity contribution < 1.29 is 9.18 Å². The van der Waals surface area contributed by atoms with Gasteiger partial charge in [-0.3, -0.25) is 4.79 Å². The Morgan fingerprint density at radius 3 is 2.96 bits per heavy atom. The Kier molecular flexibility index (Phi) is 4.53. The first kappa shape index (κ1) is 17.1. The molecule has 1 saturated heterocycles. The molecule has 0 aliphatic carbocycles. The molecule has 3 aromatic rings. The fourth-order valence-corrected chi connectivity index (χ4v) is 3.34. The lowest BCUT2D eigenvalue weighted by molar-refractivity contribution is 0.0940. The maximum atomic E-state index is 13.9. The molecule has 1 atom stereocenters. The van der Waals surface area contributed by atoms with E-state index in [9.17, 15) is 9.18 Å². The van der Waals surface area contributed by atoms with E-state index in [0.29, 0.717) is 24.5 Å². The van der Waals surface area contributed by atoms with Crippen LogP contribution in [0.15, 0.2) is 49.2 Å². The molecule has 0 radical (unpaired) electrons. The predicted octanol–water partition coefficient (Wildman–Crippen LogP) is 2.12. The summed E-state index contributed by atoms with van der Waals surface area (Å²) in [5.41, 5.74) is 2.39. The standard InChI is InChI=1S/C19H19FN6O/c1-13-9-14(4-5-17(13)26-12-21-11-23-26)19(27)24-15-6-8-25(10-15)18-16(20)3-2-7-22-18/h2-5,7,9,11-12,15H,6,8,10H2,1H3,(H,24,27). The summed E-state index contributed by atoms with van der Waals surface area (Å²) in [6.07, 6.45) is 5.41. The quantitative estimate of drug-likeness (QED) is 0.765. The summed E-state index contributed by atoms with van der Waals surface area (Å²) in [4.78, 5) is 22.5. The summed E-state index contributed by atoms with van der Waals surface area (Å²) in [7, 11) is 0. The highest BCUT2D eigenvalue weighted by Gasteiger charge is 2.26. The number of nitrogens with zero attached hydrogens (tertiary/aromatic N) is 5. The van der Waals surface area contributed by atoms with Crippen molar-refractivity contribution in [3.8, 4) is 5.69 Å². The van der Waals surface area contributed by atoms with E-state index in [1.54, 1.807) is 29.3 Å². The molecule has 1 fully saturated rings. The number of rotatable bonds is 4. The lowest BCUT2D eigenvalue weighted by atomic mass is 10.1. The van der Waals surface area contributed by atoms with Gasteiger partial charge in [0.15, 0.2) is 11.6 Å². The summed E-state index contributed by atoms with van der Waals surface area (Å²) >= 11 is 0. The third kappa shape index (κ3) is 3.51. The number of anilines is 1. The first-order chi connectivity index (χ1) is 13.1. The minimum absolute atomic E-state index is 0.0470. The van der Waals surface area contributed by atoms with Gasteiger partial charge >= 0.3 is 0 Å². The van der Waals surface area contributed by atoms with Crippen LogP contribution in [-0.2, 0) is 0 Å². The number of amides is 1. The van der Waals surface area contributed by atoms with Crippen molar-refractivity contribution in [1.29, 1.82) is 0 Å². The second-order valence-electron chi connectivity index (χ2n) is 6.56. The number of benzene rings is 1. The molecule has 7 nitrogen and oxygen atoms in total. The van der Waals surface area contributed by atoms with Gasteiger partial charge in [0.2, 0.25) is 0 Å². The van der Waals surface area contributed by atoms with Crippen LogP contribution in [0, 0.1) is 12.7 Å². The number of nitrogens with one attached hydrogen (secondary N) is 1. The number of hydrogen-bond donors (Lipinski definition) is 1. The fraction of sp³-hybridized carbons (Fsp3) is 0.263. The maximum Gasteiger partial charge on any atom is 0.251 e. The van der Waals surface area contributed by atoms with Crippen LogP contribution < -0.4 is 10.2 Å². The molecule has 0 saturated carbocycles. The van der Waals surface area contributed by atoms with Gasteiger partial charge in [0, 0.05) is 30.9 Å². The van der Waals surface area contributed by atoms with E-state index in [2.05, 4.69) is 20.4 Å². The van der Waals surface area contributed by atoms with E-state index in [4.69, 9.17) is 0 Å². The zero-order valence-electron chi connectivity index (χ0n) is 14.8. The Labute approximate surface area is 155 Å². The van der Waals surface area contributed by atoms with Gasteiger partial charge < -0.3 is 10.2 Å². The Hall–Kier alpha value is -3.29. The molecule has 0 bridgehead atoms. The molecule has 8 heteroatoms. The molecule has 4 rings (SSSR count). The number of aryl methyl sites for hydroxylation is 1. The minimum Gasteiger partial charge on any atom is -0.352 e. The molecule has 1 unspecified atom stereocenters. The molecule has 1 aromatic carbocycles. The number of pyridine rings is 1. The van der Waals surface area contributed by atoms with Gasteiger partial charge in [-0.1, -0.05) is 0 Å². The van der Waals surface area contributed by atoms with Crippen LogP contribution in [0.2, 0.25) is 0 Å². The van der Waals surface area contributed by atoms with Gasteiger partial charge in [-0.25, -0.2) is 19.0 Å². The second-order valence-corrected chi connectivity index (χ2v) is 6.56. The number of carbonyl (C=O) groups is 1. The summed E-state index contributed by atoms with van der Waals surface area (Å²) in [6, 6.07) is 8.37. The van der Waals surface area contributed by atoms with E-state index in [-0.39, 0.29) is 17.8 Å². The Balaban J connectivity index is 1.43. The van der Waals surface area contributed by atoms with Crippen LogP contribution in [0.3, 0.4) is 0 Å². The molecule has 2 aromatic heterocycles. The van der Waals surface area contributed by atoms with Gasteiger partial charge in [0.05, 0.1) is 5.69 Å². The Bertz CT molecular complexity index is 959. The molecular weight excluding hydrogens is 347 g/mol. The number of carbonyl (C=O) groups excluding carboxylic acids is 1. The SMILES string of the molecule is Cc1cc(C(=O)NC2CCN(c3ncccc3F)C2)ccc1-n1cncn1. The van der Waals surface area contributed by atoms with Crippen molar-refractivity contribution in [2.24, 2.45) is 0 Å². The molecule has 0 spiro atoms. The van der Waals surface area contributed by atoms with Gasteiger partial charge in [0.25, 0.3) is 5.91 Å². The first-order valence-corrected chi connectivity index (χ1v) is 8.74. The van der Waals surface area contributed by atoms with Crippen LogP contribution in [0.25, 0.3) is 5.69 Å². The van der Waals surface area contributed by atoms with Gasteiger partial charge in [-0.2, -0.15) is 5.10 Å². The second kappa shape index (κ2) is 7.14. The predicted molar refractivity (Wildman–Crippen MR) is 98.4 cm³/mol. The molecule has 1 aliphatic rings. The minimum atomic E-state index is -0.344. The third-order valence-corrected chi connectivity index (χ3v) is 4.69. The maximum absolute atomic E-state index is 13.9. The van der Waals surface area contributed by atoms with Gasteiger partial charge in [0.1, 0.15) is 12.7 Å². The van der Waals surface area contributed by atoms with E-state index in [1.807, 2.05) is 24.0 Å². The first-order valence-electron chi connectivity index (χ1n) is 8.74. The smallest absolute Gasteiger partial charge is 0.251 e.